The molecule has 1 amide bonds. The minimum atomic E-state index is 0.0231. The number of carbonyl (C=O) groups excluding carboxylic acids is 1. The largest absolute Gasteiger partial charge is 0.416 e. The normalized spacial score (nSPS) is 17.5. The van der Waals surface area contributed by atoms with Crippen molar-refractivity contribution in [3.8, 4) is 0 Å². The topological polar surface area (TPSA) is 77.1 Å². The number of nitrogens with zero attached hydrogens (tertiary/aromatic N) is 5. The van der Waals surface area contributed by atoms with Gasteiger partial charge in [-0.05, 0) is 25.0 Å². The molecule has 0 bridgehead atoms. The molecule has 0 radical (unpaired) electrons. The number of amides is 1. The third kappa shape index (κ3) is 3.02. The van der Waals surface area contributed by atoms with Crippen molar-refractivity contribution in [1.29, 1.82) is 0 Å². The lowest BCUT2D eigenvalue weighted by Crippen LogP contribution is -2.33. The van der Waals surface area contributed by atoms with E-state index in [9.17, 15) is 4.79 Å². The van der Waals surface area contributed by atoms with E-state index in [-0.39, 0.29) is 11.9 Å². The predicted molar refractivity (Wildman–Crippen MR) is 94.2 cm³/mol. The molecule has 0 spiro atoms. The van der Waals surface area contributed by atoms with E-state index in [1.54, 1.807) is 6.92 Å². The monoisotopic (exact) mass is 357 g/mol. The fourth-order valence-corrected chi connectivity index (χ4v) is 4.03. The van der Waals surface area contributed by atoms with Crippen LogP contribution in [0.1, 0.15) is 30.6 Å². The van der Waals surface area contributed by atoms with E-state index in [1.165, 1.54) is 11.8 Å². The number of hydrogen-bond donors (Lipinski definition) is 0. The Kier molecular flexibility index (Phi) is 4.20. The molecule has 130 valence electrons. The maximum Gasteiger partial charge on any atom is 0.277 e. The maximum atomic E-state index is 12.7. The Morgan fingerprint density at radius 2 is 2.20 bits per heavy atom. The molecule has 7 nitrogen and oxygen atoms in total. The molecule has 1 aliphatic rings. The first kappa shape index (κ1) is 16.1. The Hall–Kier alpha value is -2.35. The number of fused-ring (bicyclic) bond motifs is 1. The van der Waals surface area contributed by atoms with Crippen LogP contribution < -0.4 is 0 Å². The van der Waals surface area contributed by atoms with Gasteiger partial charge in [0.2, 0.25) is 11.8 Å². The number of benzene rings is 1. The molecule has 1 saturated heterocycles. The highest BCUT2D eigenvalue weighted by atomic mass is 32.2. The van der Waals surface area contributed by atoms with Gasteiger partial charge in [-0.15, -0.1) is 10.2 Å². The second-order valence-corrected chi connectivity index (χ2v) is 7.07. The van der Waals surface area contributed by atoms with Gasteiger partial charge in [-0.2, -0.15) is 0 Å². The molecule has 1 aliphatic heterocycles. The van der Waals surface area contributed by atoms with E-state index in [0.717, 1.165) is 36.2 Å². The van der Waals surface area contributed by atoms with Crippen molar-refractivity contribution in [3.05, 3.63) is 36.0 Å². The standard InChI is InChI=1S/C17H19N5O2S/c1-11-19-20-17(24-11)25-10-15(23)22-9-5-8-14(22)16-18-12-6-3-4-7-13(12)21(16)2/h3-4,6-7,14H,5,8-10H2,1-2H3/t14-/m0/s1. The van der Waals surface area contributed by atoms with Crippen molar-refractivity contribution in [1.82, 2.24) is 24.6 Å². The fourth-order valence-electron chi connectivity index (χ4n) is 3.34. The molecular weight excluding hydrogens is 338 g/mol. The van der Waals surface area contributed by atoms with Crippen molar-refractivity contribution in [2.75, 3.05) is 12.3 Å². The van der Waals surface area contributed by atoms with Crippen LogP contribution in [0.15, 0.2) is 33.9 Å². The maximum absolute atomic E-state index is 12.7. The zero-order valence-electron chi connectivity index (χ0n) is 14.2. The molecule has 0 unspecified atom stereocenters. The summed E-state index contributed by atoms with van der Waals surface area (Å²) in [4.78, 5) is 19.4. The Bertz CT molecular complexity index is 919. The number of likely N-dealkylation sites (tertiary alicyclic amines) is 1. The first-order chi connectivity index (χ1) is 12.1. The molecule has 3 aromatic rings. The SMILES string of the molecule is Cc1nnc(SCC(=O)N2CCC[C@H]2c2nc3ccccc3n2C)o1. The van der Waals surface area contributed by atoms with Gasteiger partial charge in [-0.1, -0.05) is 23.9 Å². The lowest BCUT2D eigenvalue weighted by molar-refractivity contribution is -0.129. The molecule has 0 saturated carbocycles. The van der Waals surface area contributed by atoms with Gasteiger partial charge < -0.3 is 13.9 Å². The summed E-state index contributed by atoms with van der Waals surface area (Å²) in [6.45, 7) is 2.50. The summed E-state index contributed by atoms with van der Waals surface area (Å²) in [5.74, 6) is 1.83. The van der Waals surface area contributed by atoms with Crippen molar-refractivity contribution in [3.63, 3.8) is 0 Å². The second-order valence-electron chi connectivity index (χ2n) is 6.14. The number of rotatable bonds is 4. The summed E-state index contributed by atoms with van der Waals surface area (Å²) < 4.78 is 7.42. The fraction of sp³-hybridized carbons (Fsp3) is 0.412. The van der Waals surface area contributed by atoms with E-state index >= 15 is 0 Å². The molecular formula is C17H19N5O2S. The van der Waals surface area contributed by atoms with Gasteiger partial charge in [0, 0.05) is 20.5 Å². The van der Waals surface area contributed by atoms with Gasteiger partial charge in [0.25, 0.3) is 5.22 Å². The van der Waals surface area contributed by atoms with Crippen molar-refractivity contribution in [2.24, 2.45) is 7.05 Å². The zero-order chi connectivity index (χ0) is 17.4. The molecule has 1 atom stereocenters. The van der Waals surface area contributed by atoms with Crippen molar-refractivity contribution >= 4 is 28.7 Å². The Balaban J connectivity index is 1.53. The van der Waals surface area contributed by atoms with Gasteiger partial charge in [0.05, 0.1) is 22.8 Å². The van der Waals surface area contributed by atoms with Gasteiger partial charge in [0.1, 0.15) is 5.82 Å². The predicted octanol–water partition coefficient (Wildman–Crippen LogP) is 2.72. The average Bonchev–Trinajstić information content (AvgIpc) is 3.32. The van der Waals surface area contributed by atoms with Crippen LogP contribution in [0, 0.1) is 6.92 Å². The van der Waals surface area contributed by atoms with Crippen LogP contribution in [-0.4, -0.2) is 42.9 Å². The average molecular weight is 357 g/mol. The smallest absolute Gasteiger partial charge is 0.277 e. The number of thioether (sulfide) groups is 1. The number of hydrogen-bond acceptors (Lipinski definition) is 6. The molecule has 3 heterocycles. The molecule has 25 heavy (non-hydrogen) atoms. The molecule has 2 aromatic heterocycles. The van der Waals surface area contributed by atoms with Crippen LogP contribution in [0.5, 0.6) is 0 Å². The Labute approximate surface area is 149 Å². The quantitative estimate of drug-likeness (QED) is 0.668. The lowest BCUT2D eigenvalue weighted by atomic mass is 10.2. The number of aromatic nitrogens is 4. The highest BCUT2D eigenvalue weighted by Crippen LogP contribution is 2.33. The van der Waals surface area contributed by atoms with Gasteiger partial charge >= 0.3 is 0 Å². The summed E-state index contributed by atoms with van der Waals surface area (Å²) in [6, 6.07) is 8.08. The van der Waals surface area contributed by atoms with Gasteiger partial charge in [-0.3, -0.25) is 4.79 Å². The minimum Gasteiger partial charge on any atom is -0.416 e. The van der Waals surface area contributed by atoms with Crippen LogP contribution in [0.25, 0.3) is 11.0 Å². The zero-order valence-corrected chi connectivity index (χ0v) is 15.0. The number of imidazole rings is 1. The van der Waals surface area contributed by atoms with E-state index in [4.69, 9.17) is 9.40 Å². The number of para-hydroxylation sites is 2. The minimum absolute atomic E-state index is 0.0231. The van der Waals surface area contributed by atoms with Crippen LogP contribution in [0.2, 0.25) is 0 Å². The summed E-state index contributed by atoms with van der Waals surface area (Å²) >= 11 is 1.28. The first-order valence-electron chi connectivity index (χ1n) is 8.27. The Morgan fingerprint density at radius 3 is 2.96 bits per heavy atom. The Morgan fingerprint density at radius 1 is 1.36 bits per heavy atom. The van der Waals surface area contributed by atoms with E-state index < -0.39 is 0 Å². The number of carbonyl (C=O) groups is 1. The molecule has 8 heteroatoms. The van der Waals surface area contributed by atoms with Crippen LogP contribution in [0.3, 0.4) is 0 Å². The highest BCUT2D eigenvalue weighted by Gasteiger charge is 2.33. The summed E-state index contributed by atoms with van der Waals surface area (Å²) in [6.07, 6.45) is 1.93. The van der Waals surface area contributed by atoms with Gasteiger partial charge in [-0.25, -0.2) is 4.98 Å². The van der Waals surface area contributed by atoms with Crippen molar-refractivity contribution < 1.29 is 9.21 Å². The lowest BCUT2D eigenvalue weighted by Gasteiger charge is -2.24. The van der Waals surface area contributed by atoms with Crippen LogP contribution >= 0.6 is 11.8 Å². The summed E-state index contributed by atoms with van der Waals surface area (Å²) in [5, 5.41) is 8.14. The first-order valence-corrected chi connectivity index (χ1v) is 9.26. The van der Waals surface area contributed by atoms with E-state index in [1.807, 2.05) is 30.1 Å². The van der Waals surface area contributed by atoms with Crippen LogP contribution in [0.4, 0.5) is 0 Å². The number of aryl methyl sites for hydroxylation is 2. The summed E-state index contributed by atoms with van der Waals surface area (Å²) in [5.41, 5.74) is 2.06. The van der Waals surface area contributed by atoms with Crippen LogP contribution in [-0.2, 0) is 11.8 Å². The molecule has 4 rings (SSSR count). The third-order valence-corrected chi connectivity index (χ3v) is 5.32. The molecule has 0 N–H and O–H groups in total. The summed E-state index contributed by atoms with van der Waals surface area (Å²) in [7, 11) is 2.02. The molecule has 0 aliphatic carbocycles. The van der Waals surface area contributed by atoms with Gasteiger partial charge in [0.15, 0.2) is 0 Å². The van der Waals surface area contributed by atoms with Crippen molar-refractivity contribution in [2.45, 2.75) is 31.0 Å². The van der Waals surface area contributed by atoms with E-state index in [2.05, 4.69) is 20.8 Å². The molecule has 1 aromatic carbocycles. The highest BCUT2D eigenvalue weighted by molar-refractivity contribution is 7.99. The third-order valence-electron chi connectivity index (χ3n) is 4.52. The van der Waals surface area contributed by atoms with E-state index in [0.29, 0.717) is 16.9 Å². The molecule has 1 fully saturated rings. The second kappa shape index (κ2) is 6.51.